The summed E-state index contributed by atoms with van der Waals surface area (Å²) in [4.78, 5) is 29.8. The summed E-state index contributed by atoms with van der Waals surface area (Å²) in [5, 5.41) is 15.2. The number of pyridine rings is 1. The number of anilines is 1. The van der Waals surface area contributed by atoms with Crippen molar-refractivity contribution < 1.29 is 14.7 Å². The largest absolute Gasteiger partial charge is 0.465 e. The number of carbonyl (C=O) groups is 2. The van der Waals surface area contributed by atoms with E-state index in [2.05, 4.69) is 10.3 Å². The minimum atomic E-state index is -0.992. The van der Waals surface area contributed by atoms with Crippen molar-refractivity contribution in [2.45, 2.75) is 5.92 Å². The lowest BCUT2D eigenvalue weighted by Crippen LogP contribution is -2.30. The summed E-state index contributed by atoms with van der Waals surface area (Å²) >= 11 is 1.52. The third-order valence-corrected chi connectivity index (χ3v) is 5.72. The maximum Gasteiger partial charge on any atom is 0.407 e. The molecule has 0 saturated carbocycles. The van der Waals surface area contributed by atoms with Gasteiger partial charge in [-0.15, -0.1) is 11.3 Å². The Bertz CT molecular complexity index is 957. The molecular formula is C19H17N3O3S. The lowest BCUT2D eigenvalue weighted by molar-refractivity contribution is -0.119. The molecule has 3 aromatic rings. The number of fused-ring (bicyclic) bond motifs is 1. The first-order chi connectivity index (χ1) is 12.6. The Balaban J connectivity index is 1.61. The average Bonchev–Trinajstić information content (AvgIpc) is 3.28. The monoisotopic (exact) mass is 367 g/mol. The average molecular weight is 367 g/mol. The van der Waals surface area contributed by atoms with Crippen molar-refractivity contribution in [3.63, 3.8) is 0 Å². The van der Waals surface area contributed by atoms with Crippen LogP contribution in [0.5, 0.6) is 0 Å². The fraction of sp³-hybridized carbons (Fsp3) is 0.211. The van der Waals surface area contributed by atoms with Gasteiger partial charge in [0.15, 0.2) is 0 Å². The Kier molecular flexibility index (Phi) is 4.30. The zero-order valence-corrected chi connectivity index (χ0v) is 14.6. The molecule has 0 radical (unpaired) electrons. The highest BCUT2D eigenvalue weighted by molar-refractivity contribution is 7.17. The minimum absolute atomic E-state index is 0.154. The molecule has 4 rings (SSSR count). The van der Waals surface area contributed by atoms with E-state index in [4.69, 9.17) is 0 Å². The number of amides is 2. The summed E-state index contributed by atoms with van der Waals surface area (Å²) in [6.07, 6.45) is 2.47. The highest BCUT2D eigenvalue weighted by Gasteiger charge is 2.40. The number of aromatic nitrogens is 1. The van der Waals surface area contributed by atoms with Gasteiger partial charge < -0.3 is 15.3 Å². The molecule has 1 aliphatic rings. The van der Waals surface area contributed by atoms with Gasteiger partial charge >= 0.3 is 6.09 Å². The van der Waals surface area contributed by atoms with Crippen LogP contribution in [0, 0.1) is 5.92 Å². The molecule has 1 aromatic carbocycles. The predicted molar refractivity (Wildman–Crippen MR) is 101 cm³/mol. The number of thiophene rings is 1. The Morgan fingerprint density at radius 1 is 1.19 bits per heavy atom. The third kappa shape index (κ3) is 3.01. The number of nitrogens with zero attached hydrogens (tertiary/aromatic N) is 2. The summed E-state index contributed by atoms with van der Waals surface area (Å²) in [6, 6.07) is 11.5. The van der Waals surface area contributed by atoms with E-state index < -0.39 is 12.0 Å². The Morgan fingerprint density at radius 3 is 2.77 bits per heavy atom. The molecule has 2 N–H and O–H groups in total. The van der Waals surface area contributed by atoms with Gasteiger partial charge in [-0.3, -0.25) is 9.78 Å². The predicted octanol–water partition coefficient (Wildman–Crippen LogP) is 3.63. The maximum absolute atomic E-state index is 13.0. The van der Waals surface area contributed by atoms with Crippen molar-refractivity contribution in [3.05, 3.63) is 59.7 Å². The molecule has 0 unspecified atom stereocenters. The zero-order chi connectivity index (χ0) is 18.1. The van der Waals surface area contributed by atoms with Crippen LogP contribution in [0.1, 0.15) is 11.5 Å². The molecule has 1 saturated heterocycles. The number of likely N-dealkylation sites (tertiary alicyclic amines) is 1. The third-order valence-electron chi connectivity index (χ3n) is 4.79. The van der Waals surface area contributed by atoms with Crippen molar-refractivity contribution in [3.8, 4) is 0 Å². The lowest BCUT2D eigenvalue weighted by atomic mass is 9.88. The molecule has 1 aliphatic heterocycles. The number of carbonyl (C=O) groups excluding carboxylic acids is 1. The van der Waals surface area contributed by atoms with Crippen LogP contribution in [-0.2, 0) is 4.79 Å². The number of benzene rings is 1. The molecule has 3 heterocycles. The van der Waals surface area contributed by atoms with Crippen LogP contribution in [0.15, 0.2) is 54.2 Å². The van der Waals surface area contributed by atoms with E-state index in [0.29, 0.717) is 6.54 Å². The second kappa shape index (κ2) is 6.76. The number of hydrogen-bond acceptors (Lipinski definition) is 4. The van der Waals surface area contributed by atoms with Gasteiger partial charge in [0.1, 0.15) is 0 Å². The van der Waals surface area contributed by atoms with Crippen molar-refractivity contribution >= 4 is 39.1 Å². The van der Waals surface area contributed by atoms with Gasteiger partial charge in [0.2, 0.25) is 5.91 Å². The van der Waals surface area contributed by atoms with Gasteiger partial charge in [-0.2, -0.15) is 0 Å². The van der Waals surface area contributed by atoms with Gasteiger partial charge in [-0.1, -0.05) is 30.3 Å². The molecule has 2 aromatic heterocycles. The smallest absolute Gasteiger partial charge is 0.407 e. The van der Waals surface area contributed by atoms with E-state index >= 15 is 0 Å². The topological polar surface area (TPSA) is 82.5 Å². The Hall–Kier alpha value is -2.93. The summed E-state index contributed by atoms with van der Waals surface area (Å²) < 4.78 is 1.00. The first-order valence-electron chi connectivity index (χ1n) is 8.28. The van der Waals surface area contributed by atoms with Crippen LogP contribution in [0.2, 0.25) is 0 Å². The SMILES string of the molecule is O=C(Nc1csc2cnccc12)[C@@H]1CN(C(=O)O)C[C@H]1c1ccccc1. The summed E-state index contributed by atoms with van der Waals surface area (Å²) in [7, 11) is 0. The number of hydrogen-bond donors (Lipinski definition) is 2. The van der Waals surface area contributed by atoms with Crippen LogP contribution in [-0.4, -0.2) is 40.1 Å². The maximum atomic E-state index is 13.0. The molecule has 26 heavy (non-hydrogen) atoms. The minimum Gasteiger partial charge on any atom is -0.465 e. The quantitative estimate of drug-likeness (QED) is 0.741. The molecular weight excluding hydrogens is 350 g/mol. The number of carboxylic acid groups (broad SMARTS) is 1. The van der Waals surface area contributed by atoms with E-state index in [1.807, 2.05) is 41.8 Å². The zero-order valence-electron chi connectivity index (χ0n) is 13.8. The molecule has 6 nitrogen and oxygen atoms in total. The Labute approximate surface area is 154 Å². The van der Waals surface area contributed by atoms with Gasteiger partial charge in [0, 0.05) is 42.2 Å². The fourth-order valence-electron chi connectivity index (χ4n) is 3.47. The second-order valence-corrected chi connectivity index (χ2v) is 7.23. The number of rotatable bonds is 3. The van der Waals surface area contributed by atoms with Crippen molar-refractivity contribution in [1.82, 2.24) is 9.88 Å². The fourth-order valence-corrected chi connectivity index (χ4v) is 4.33. The van der Waals surface area contributed by atoms with Gasteiger partial charge in [0.05, 0.1) is 16.3 Å². The normalized spacial score (nSPS) is 19.6. The second-order valence-electron chi connectivity index (χ2n) is 6.32. The van der Waals surface area contributed by atoms with E-state index in [1.54, 1.807) is 12.4 Å². The van der Waals surface area contributed by atoms with E-state index in [-0.39, 0.29) is 18.4 Å². The molecule has 0 bridgehead atoms. The van der Waals surface area contributed by atoms with Gasteiger partial charge in [0.25, 0.3) is 0 Å². The van der Waals surface area contributed by atoms with Crippen molar-refractivity contribution in [1.29, 1.82) is 0 Å². The highest BCUT2D eigenvalue weighted by Crippen LogP contribution is 2.35. The van der Waals surface area contributed by atoms with Crippen LogP contribution < -0.4 is 5.32 Å². The van der Waals surface area contributed by atoms with Crippen LogP contribution in [0.25, 0.3) is 10.1 Å². The summed E-state index contributed by atoms with van der Waals surface area (Å²) in [6.45, 7) is 0.524. The summed E-state index contributed by atoms with van der Waals surface area (Å²) in [5.74, 6) is -0.733. The summed E-state index contributed by atoms with van der Waals surface area (Å²) in [5.41, 5.74) is 1.73. The lowest BCUT2D eigenvalue weighted by Gasteiger charge is -2.17. The first kappa shape index (κ1) is 16.5. The van der Waals surface area contributed by atoms with Crippen molar-refractivity contribution in [2.24, 2.45) is 5.92 Å². The number of nitrogens with one attached hydrogen (secondary N) is 1. The Morgan fingerprint density at radius 2 is 2.00 bits per heavy atom. The molecule has 7 heteroatoms. The molecule has 2 atom stereocenters. The standard InChI is InChI=1S/C19H17N3O3S/c23-18(21-16-11-26-17-8-20-7-6-13(16)17)15-10-22(19(24)25)9-14(15)12-4-2-1-3-5-12/h1-8,11,14-15H,9-10H2,(H,21,23)(H,24,25)/t14-,15+/m0/s1. The molecule has 2 amide bonds. The van der Waals surface area contributed by atoms with Gasteiger partial charge in [-0.05, 0) is 11.6 Å². The van der Waals surface area contributed by atoms with E-state index in [1.165, 1.54) is 16.2 Å². The van der Waals surface area contributed by atoms with Crippen LogP contribution in [0.4, 0.5) is 10.5 Å². The molecule has 1 fully saturated rings. The van der Waals surface area contributed by atoms with Crippen LogP contribution in [0.3, 0.4) is 0 Å². The first-order valence-corrected chi connectivity index (χ1v) is 9.16. The van der Waals surface area contributed by atoms with Crippen LogP contribution >= 0.6 is 11.3 Å². The van der Waals surface area contributed by atoms with E-state index in [0.717, 1.165) is 21.3 Å². The highest BCUT2D eigenvalue weighted by atomic mass is 32.1. The molecule has 0 aliphatic carbocycles. The molecule has 0 spiro atoms. The van der Waals surface area contributed by atoms with E-state index in [9.17, 15) is 14.7 Å². The van der Waals surface area contributed by atoms with Gasteiger partial charge in [-0.25, -0.2) is 4.79 Å². The van der Waals surface area contributed by atoms with Crippen molar-refractivity contribution in [2.75, 3.05) is 18.4 Å². The molecule has 132 valence electrons.